The van der Waals surface area contributed by atoms with E-state index in [1.54, 1.807) is 0 Å². The van der Waals surface area contributed by atoms with Gasteiger partial charge in [-0.1, -0.05) is 121 Å². The van der Waals surface area contributed by atoms with Crippen LogP contribution in [0.3, 0.4) is 0 Å². The summed E-state index contributed by atoms with van der Waals surface area (Å²) in [5.41, 5.74) is 11.1. The number of rotatable bonds is 7. The maximum Gasteiger partial charge on any atom is 4.00 e. The maximum absolute atomic E-state index is 7.83. The molecule has 0 N–H and O–H groups in total. The molecule has 6 nitrogen and oxygen atoms in total. The Bertz CT molecular complexity index is 2740. The van der Waals surface area contributed by atoms with Crippen molar-refractivity contribution in [3.8, 4) is 50.8 Å². The molecule has 0 unspecified atom stereocenters. The standard InChI is InChI=1S/C46H29N5O.Pt/c1-47-35-26-27-44-45(28-35)51(46-40(33-14-5-3-6-15-33)22-13-23-41(46)34-16-7-4-8-17-34)32-50(44)37-19-12-21-39(30-37)52-38-20-11-18-36(29-38)49-31-48(2)42-24-9-10-25-43(42)49;/h3-28H,2H3;/q-2;+4. The summed E-state index contributed by atoms with van der Waals surface area (Å²) in [7, 11) is 1.98. The van der Waals surface area contributed by atoms with Crippen LogP contribution in [0.1, 0.15) is 0 Å². The molecule has 0 saturated heterocycles. The van der Waals surface area contributed by atoms with E-state index in [1.165, 1.54) is 0 Å². The molecule has 53 heavy (non-hydrogen) atoms. The van der Waals surface area contributed by atoms with Crippen molar-refractivity contribution in [3.05, 3.63) is 194 Å². The molecule has 9 rings (SSSR count). The summed E-state index contributed by atoms with van der Waals surface area (Å²) in [5, 5.41) is 0. The summed E-state index contributed by atoms with van der Waals surface area (Å²) in [6, 6.07) is 59.6. The van der Waals surface area contributed by atoms with E-state index in [0.29, 0.717) is 17.2 Å². The molecule has 0 bridgehead atoms. The van der Waals surface area contributed by atoms with Gasteiger partial charge in [0.25, 0.3) is 6.33 Å². The van der Waals surface area contributed by atoms with Gasteiger partial charge in [0.1, 0.15) is 0 Å². The Morgan fingerprint density at radius 1 is 0.566 bits per heavy atom. The summed E-state index contributed by atoms with van der Waals surface area (Å²) >= 11 is 0. The minimum atomic E-state index is 0. The van der Waals surface area contributed by atoms with Crippen LogP contribution in [0.15, 0.2) is 158 Å². The number of aromatic nitrogens is 4. The Kier molecular flexibility index (Phi) is 9.02. The normalized spacial score (nSPS) is 10.9. The molecule has 9 aromatic rings. The van der Waals surface area contributed by atoms with Crippen molar-refractivity contribution >= 4 is 27.8 Å². The van der Waals surface area contributed by atoms with Crippen LogP contribution in [0.2, 0.25) is 0 Å². The summed E-state index contributed by atoms with van der Waals surface area (Å²) < 4.78 is 14.4. The number of para-hydroxylation sites is 3. The summed E-state index contributed by atoms with van der Waals surface area (Å²) in [6.45, 7) is 7.83. The van der Waals surface area contributed by atoms with E-state index in [2.05, 4.69) is 113 Å². The SMILES string of the molecule is [C-]#[N+]c1ccc2c(c1)[n+](-c1c(-c3ccccc3)cccc1-c1ccccc1)[c-]n2-c1[c-]c(Oc2[c-]c(-n3[c-][n+](C)c4ccccc43)ccc2)ccc1.[Pt+4]. The quantitative estimate of drug-likeness (QED) is 0.116. The third-order valence-corrected chi connectivity index (χ3v) is 9.14. The van der Waals surface area contributed by atoms with Gasteiger partial charge in [-0.3, -0.25) is 4.57 Å². The van der Waals surface area contributed by atoms with Crippen LogP contribution in [-0.2, 0) is 28.1 Å². The van der Waals surface area contributed by atoms with E-state index in [9.17, 15) is 0 Å². The van der Waals surface area contributed by atoms with E-state index in [0.717, 1.165) is 61.4 Å². The molecule has 2 aromatic heterocycles. The van der Waals surface area contributed by atoms with Crippen LogP contribution in [0.25, 0.3) is 66.2 Å². The van der Waals surface area contributed by atoms with Gasteiger partial charge in [-0.25, -0.2) is 4.85 Å². The Balaban J connectivity index is 0.00000400. The summed E-state index contributed by atoms with van der Waals surface area (Å²) in [5.74, 6) is 1.09. The molecule has 0 atom stereocenters. The smallest absolute Gasteiger partial charge is 0.510 e. The van der Waals surface area contributed by atoms with Crippen molar-refractivity contribution in [2.24, 2.45) is 7.05 Å². The maximum atomic E-state index is 7.83. The van der Waals surface area contributed by atoms with Gasteiger partial charge in [0.2, 0.25) is 6.33 Å². The Hall–Kier alpha value is -6.54. The molecular formula is C46H29N5OPt+2. The number of imidazole rings is 2. The van der Waals surface area contributed by atoms with E-state index in [1.807, 2.05) is 99.6 Å². The van der Waals surface area contributed by atoms with E-state index in [4.69, 9.17) is 11.3 Å². The van der Waals surface area contributed by atoms with Crippen LogP contribution >= 0.6 is 0 Å². The predicted octanol–water partition coefficient (Wildman–Crippen LogP) is 9.55. The predicted molar refractivity (Wildman–Crippen MR) is 202 cm³/mol. The zero-order valence-corrected chi connectivity index (χ0v) is 30.7. The van der Waals surface area contributed by atoms with Gasteiger partial charge in [-0.15, -0.1) is 24.3 Å². The molecule has 0 amide bonds. The first-order valence-electron chi connectivity index (χ1n) is 16.9. The number of hydrogen-bond donors (Lipinski definition) is 0. The first kappa shape index (κ1) is 33.6. The minimum absolute atomic E-state index is 0. The molecule has 2 heterocycles. The molecule has 7 aromatic carbocycles. The second kappa shape index (κ2) is 14.2. The van der Waals surface area contributed by atoms with Crippen molar-refractivity contribution in [2.75, 3.05) is 0 Å². The van der Waals surface area contributed by atoms with Gasteiger partial charge >= 0.3 is 21.1 Å². The topological polar surface area (TPSA) is 31.2 Å². The molecule has 0 spiro atoms. The Morgan fingerprint density at radius 2 is 1.11 bits per heavy atom. The van der Waals surface area contributed by atoms with Crippen molar-refractivity contribution in [1.29, 1.82) is 0 Å². The van der Waals surface area contributed by atoms with E-state index < -0.39 is 0 Å². The monoisotopic (exact) mass is 862 g/mol. The van der Waals surface area contributed by atoms with Gasteiger partial charge in [-0.2, -0.15) is 24.3 Å². The van der Waals surface area contributed by atoms with Crippen LogP contribution in [0, 0.1) is 31.4 Å². The van der Waals surface area contributed by atoms with Gasteiger partial charge in [0.15, 0.2) is 5.69 Å². The fourth-order valence-corrected chi connectivity index (χ4v) is 6.75. The molecule has 0 aliphatic rings. The van der Waals surface area contributed by atoms with E-state index in [-0.39, 0.29) is 21.1 Å². The second-order valence-electron chi connectivity index (χ2n) is 12.4. The fraction of sp³-hybridized carbons (Fsp3) is 0.0217. The van der Waals surface area contributed by atoms with Crippen LogP contribution in [0.5, 0.6) is 11.5 Å². The van der Waals surface area contributed by atoms with Gasteiger partial charge in [-0.05, 0) is 34.0 Å². The molecule has 0 radical (unpaired) electrons. The zero-order valence-electron chi connectivity index (χ0n) is 28.5. The van der Waals surface area contributed by atoms with Gasteiger partial charge < -0.3 is 18.4 Å². The van der Waals surface area contributed by atoms with Crippen molar-refractivity contribution in [1.82, 2.24) is 9.13 Å². The number of nitrogens with zero attached hydrogens (tertiary/aromatic N) is 5. The first-order chi connectivity index (χ1) is 25.6. The fourth-order valence-electron chi connectivity index (χ4n) is 6.75. The second-order valence-corrected chi connectivity index (χ2v) is 12.4. The largest absolute Gasteiger partial charge is 4.00 e. The van der Waals surface area contributed by atoms with Gasteiger partial charge in [0.05, 0.1) is 41.4 Å². The zero-order chi connectivity index (χ0) is 35.0. The molecule has 0 aliphatic heterocycles. The van der Waals surface area contributed by atoms with Gasteiger partial charge in [0, 0.05) is 11.5 Å². The van der Waals surface area contributed by atoms with Crippen molar-refractivity contribution in [3.63, 3.8) is 0 Å². The minimum Gasteiger partial charge on any atom is -0.510 e. The van der Waals surface area contributed by atoms with Crippen LogP contribution in [-0.4, -0.2) is 9.13 Å². The summed E-state index contributed by atoms with van der Waals surface area (Å²) in [4.78, 5) is 3.78. The first-order valence-corrected chi connectivity index (χ1v) is 16.9. The van der Waals surface area contributed by atoms with Crippen molar-refractivity contribution in [2.45, 2.75) is 0 Å². The van der Waals surface area contributed by atoms with Crippen molar-refractivity contribution < 1.29 is 34.9 Å². The molecule has 0 saturated carbocycles. The molecule has 7 heteroatoms. The number of benzene rings is 7. The number of aryl methyl sites for hydroxylation is 1. The summed E-state index contributed by atoms with van der Waals surface area (Å²) in [6.07, 6.45) is 7.03. The Morgan fingerprint density at radius 3 is 1.74 bits per heavy atom. The third kappa shape index (κ3) is 6.22. The molecule has 0 fully saturated rings. The Labute approximate surface area is 322 Å². The molecule has 252 valence electrons. The average molecular weight is 863 g/mol. The number of ether oxygens (including phenoxy) is 1. The third-order valence-electron chi connectivity index (χ3n) is 9.14. The molecular weight excluding hydrogens is 834 g/mol. The number of fused-ring (bicyclic) bond motifs is 2. The average Bonchev–Trinajstić information content (AvgIpc) is 3.76. The van der Waals surface area contributed by atoms with Crippen LogP contribution < -0.4 is 13.9 Å². The van der Waals surface area contributed by atoms with E-state index >= 15 is 0 Å². The number of hydrogen-bond acceptors (Lipinski definition) is 1. The van der Waals surface area contributed by atoms with Crippen LogP contribution in [0.4, 0.5) is 5.69 Å². The molecule has 0 aliphatic carbocycles.